The normalized spacial score (nSPS) is 10.1. The molecule has 0 aliphatic heterocycles. The topological polar surface area (TPSA) is 84.2 Å². The van der Waals surface area contributed by atoms with E-state index in [0.29, 0.717) is 0 Å². The zero-order valence-electron chi connectivity index (χ0n) is 10.1. The summed E-state index contributed by atoms with van der Waals surface area (Å²) in [5, 5.41) is 15.2. The molecule has 0 aliphatic carbocycles. The van der Waals surface area contributed by atoms with Crippen molar-refractivity contribution in [2.45, 2.75) is 13.0 Å². The van der Waals surface area contributed by atoms with Crippen molar-refractivity contribution < 1.29 is 14.7 Å². The molecular weight excluding hydrogens is 246 g/mol. The Hall–Kier alpha value is -2.63. The van der Waals surface area contributed by atoms with E-state index in [9.17, 15) is 9.59 Å². The third-order valence-electron chi connectivity index (χ3n) is 2.46. The van der Waals surface area contributed by atoms with Gasteiger partial charge in [-0.05, 0) is 12.1 Å². The number of rotatable bonds is 5. The van der Waals surface area contributed by atoms with Gasteiger partial charge in [-0.3, -0.25) is 9.59 Å². The second kappa shape index (κ2) is 5.81. The van der Waals surface area contributed by atoms with Crippen molar-refractivity contribution in [3.05, 3.63) is 48.3 Å². The third kappa shape index (κ3) is 3.67. The number of hydrogen-bond donors (Lipinski definition) is 2. The standard InChI is InChI=1S/C13H13N3O3/c17-12(6-13(18)19)14-7-10-8-15-16(9-10)11-4-2-1-3-5-11/h1-5,8-9H,6-7H2,(H,14,17)(H,18,19). The predicted octanol–water partition coefficient (Wildman–Crippen LogP) is 0.963. The molecule has 2 N–H and O–H groups in total. The van der Waals surface area contributed by atoms with E-state index in [1.165, 1.54) is 0 Å². The molecule has 0 bridgehead atoms. The van der Waals surface area contributed by atoms with Crippen LogP contribution in [-0.4, -0.2) is 26.8 Å². The van der Waals surface area contributed by atoms with Gasteiger partial charge in [-0.15, -0.1) is 0 Å². The van der Waals surface area contributed by atoms with Crippen LogP contribution >= 0.6 is 0 Å². The highest BCUT2D eigenvalue weighted by atomic mass is 16.4. The number of carboxylic acid groups (broad SMARTS) is 1. The van der Waals surface area contributed by atoms with Gasteiger partial charge in [0.25, 0.3) is 0 Å². The maximum atomic E-state index is 11.2. The van der Waals surface area contributed by atoms with Crippen LogP contribution in [0.15, 0.2) is 42.7 Å². The number of hydrogen-bond acceptors (Lipinski definition) is 3. The lowest BCUT2D eigenvalue weighted by atomic mass is 10.3. The van der Waals surface area contributed by atoms with E-state index in [-0.39, 0.29) is 6.54 Å². The number of amides is 1. The Balaban J connectivity index is 1.95. The second-order valence-electron chi connectivity index (χ2n) is 3.98. The summed E-state index contributed by atoms with van der Waals surface area (Å²) in [7, 11) is 0. The molecule has 0 atom stereocenters. The molecular formula is C13H13N3O3. The van der Waals surface area contributed by atoms with Crippen molar-refractivity contribution in [1.82, 2.24) is 15.1 Å². The van der Waals surface area contributed by atoms with E-state index in [1.54, 1.807) is 17.1 Å². The van der Waals surface area contributed by atoms with Gasteiger partial charge < -0.3 is 10.4 Å². The van der Waals surface area contributed by atoms with Crippen LogP contribution in [0.5, 0.6) is 0 Å². The van der Waals surface area contributed by atoms with Crippen LogP contribution in [-0.2, 0) is 16.1 Å². The summed E-state index contributed by atoms with van der Waals surface area (Å²) in [5.41, 5.74) is 1.73. The lowest BCUT2D eigenvalue weighted by molar-refractivity contribution is -0.140. The number of carboxylic acids is 1. The van der Waals surface area contributed by atoms with Gasteiger partial charge in [-0.2, -0.15) is 5.10 Å². The first kappa shape index (κ1) is 12.8. The Morgan fingerprint density at radius 3 is 2.68 bits per heavy atom. The Morgan fingerprint density at radius 1 is 1.26 bits per heavy atom. The van der Waals surface area contributed by atoms with Crippen LogP contribution < -0.4 is 5.32 Å². The lowest BCUT2D eigenvalue weighted by Gasteiger charge is -2.01. The molecule has 0 fully saturated rings. The summed E-state index contributed by atoms with van der Waals surface area (Å²) >= 11 is 0. The highest BCUT2D eigenvalue weighted by Crippen LogP contribution is 2.07. The fourth-order valence-corrected chi connectivity index (χ4v) is 1.57. The summed E-state index contributed by atoms with van der Waals surface area (Å²) in [6.45, 7) is 0.263. The molecule has 2 rings (SSSR count). The molecule has 6 nitrogen and oxygen atoms in total. The van der Waals surface area contributed by atoms with Crippen molar-refractivity contribution in [3.63, 3.8) is 0 Å². The van der Waals surface area contributed by atoms with Crippen molar-refractivity contribution in [3.8, 4) is 5.69 Å². The van der Waals surface area contributed by atoms with Gasteiger partial charge in [-0.25, -0.2) is 4.68 Å². The van der Waals surface area contributed by atoms with Crippen LogP contribution in [0.25, 0.3) is 5.69 Å². The monoisotopic (exact) mass is 259 g/mol. The van der Waals surface area contributed by atoms with E-state index in [2.05, 4.69) is 10.4 Å². The maximum absolute atomic E-state index is 11.2. The number of carbonyl (C=O) groups excluding carboxylic acids is 1. The molecule has 98 valence electrons. The minimum atomic E-state index is -1.14. The van der Waals surface area contributed by atoms with Gasteiger partial charge >= 0.3 is 5.97 Å². The molecule has 0 spiro atoms. The zero-order valence-corrected chi connectivity index (χ0v) is 10.1. The average Bonchev–Trinajstić information content (AvgIpc) is 2.85. The summed E-state index contributed by atoms with van der Waals surface area (Å²) < 4.78 is 1.69. The van der Waals surface area contributed by atoms with E-state index in [1.807, 2.05) is 30.3 Å². The molecule has 19 heavy (non-hydrogen) atoms. The Morgan fingerprint density at radius 2 is 2.00 bits per heavy atom. The number of nitrogens with one attached hydrogen (secondary N) is 1. The van der Waals surface area contributed by atoms with E-state index in [4.69, 9.17) is 5.11 Å². The first-order chi connectivity index (χ1) is 9.15. The van der Waals surface area contributed by atoms with Gasteiger partial charge in [0.2, 0.25) is 5.91 Å². The first-order valence-electron chi connectivity index (χ1n) is 5.72. The Bertz CT molecular complexity index is 578. The van der Waals surface area contributed by atoms with Crippen molar-refractivity contribution >= 4 is 11.9 Å². The summed E-state index contributed by atoms with van der Waals surface area (Å²) in [6.07, 6.45) is 2.90. The predicted molar refractivity (Wildman–Crippen MR) is 67.7 cm³/mol. The van der Waals surface area contributed by atoms with Crippen LogP contribution in [0.3, 0.4) is 0 Å². The third-order valence-corrected chi connectivity index (χ3v) is 2.46. The van der Waals surface area contributed by atoms with Gasteiger partial charge in [-0.1, -0.05) is 18.2 Å². The molecule has 0 saturated heterocycles. The number of aliphatic carboxylic acids is 1. The minimum Gasteiger partial charge on any atom is -0.481 e. The molecule has 1 aromatic heterocycles. The summed E-state index contributed by atoms with van der Waals surface area (Å²) in [5.74, 6) is -1.66. The summed E-state index contributed by atoms with van der Waals surface area (Å²) in [4.78, 5) is 21.5. The van der Waals surface area contributed by atoms with Crippen LogP contribution in [0.1, 0.15) is 12.0 Å². The molecule has 0 saturated carbocycles. The molecule has 0 radical (unpaired) electrons. The minimum absolute atomic E-state index is 0.263. The van der Waals surface area contributed by atoms with E-state index >= 15 is 0 Å². The first-order valence-corrected chi connectivity index (χ1v) is 5.72. The van der Waals surface area contributed by atoms with Crippen LogP contribution in [0.4, 0.5) is 0 Å². The molecule has 1 amide bonds. The maximum Gasteiger partial charge on any atom is 0.312 e. The average molecular weight is 259 g/mol. The van der Waals surface area contributed by atoms with E-state index < -0.39 is 18.3 Å². The quantitative estimate of drug-likeness (QED) is 0.783. The highest BCUT2D eigenvalue weighted by Gasteiger charge is 2.07. The SMILES string of the molecule is O=C(O)CC(=O)NCc1cnn(-c2ccccc2)c1. The van der Waals surface area contributed by atoms with Crippen molar-refractivity contribution in [2.24, 2.45) is 0 Å². The number of aromatic nitrogens is 2. The van der Waals surface area contributed by atoms with Crippen molar-refractivity contribution in [2.75, 3.05) is 0 Å². The smallest absolute Gasteiger partial charge is 0.312 e. The van der Waals surface area contributed by atoms with Crippen molar-refractivity contribution in [1.29, 1.82) is 0 Å². The molecule has 1 heterocycles. The lowest BCUT2D eigenvalue weighted by Crippen LogP contribution is -2.24. The van der Waals surface area contributed by atoms with Gasteiger partial charge in [0.05, 0.1) is 11.9 Å². The van der Waals surface area contributed by atoms with Gasteiger partial charge in [0.15, 0.2) is 0 Å². The van der Waals surface area contributed by atoms with Crippen LogP contribution in [0, 0.1) is 0 Å². The number of para-hydroxylation sites is 1. The molecule has 0 aliphatic rings. The largest absolute Gasteiger partial charge is 0.481 e. The number of benzene rings is 1. The molecule has 0 unspecified atom stereocenters. The molecule has 6 heteroatoms. The van der Waals surface area contributed by atoms with E-state index in [0.717, 1.165) is 11.3 Å². The van der Waals surface area contributed by atoms with Gasteiger partial charge in [0.1, 0.15) is 6.42 Å². The fourth-order valence-electron chi connectivity index (χ4n) is 1.57. The highest BCUT2D eigenvalue weighted by molar-refractivity contribution is 5.93. The molecule has 2 aromatic rings. The Labute approximate surface area is 109 Å². The zero-order chi connectivity index (χ0) is 13.7. The summed E-state index contributed by atoms with van der Waals surface area (Å²) in [6, 6.07) is 9.57. The molecule has 1 aromatic carbocycles. The number of nitrogens with zero attached hydrogens (tertiary/aromatic N) is 2. The Kier molecular flexibility index (Phi) is 3.92. The van der Waals surface area contributed by atoms with Gasteiger partial charge in [0, 0.05) is 18.3 Å². The number of carbonyl (C=O) groups is 2. The van der Waals surface area contributed by atoms with Crippen LogP contribution in [0.2, 0.25) is 0 Å². The fraction of sp³-hybridized carbons (Fsp3) is 0.154. The second-order valence-corrected chi connectivity index (χ2v) is 3.98.